The van der Waals surface area contributed by atoms with Crippen LogP contribution in [-0.2, 0) is 11.2 Å². The van der Waals surface area contributed by atoms with Crippen LogP contribution in [0.5, 0.6) is 0 Å². The third kappa shape index (κ3) is 2.83. The topological polar surface area (TPSA) is 29.1 Å². The predicted molar refractivity (Wildman–Crippen MR) is 94.2 cm³/mol. The van der Waals surface area contributed by atoms with E-state index in [2.05, 4.69) is 56.2 Å². The first kappa shape index (κ1) is 14.5. The van der Waals surface area contributed by atoms with Gasteiger partial charge < -0.3 is 5.32 Å². The summed E-state index contributed by atoms with van der Waals surface area (Å²) in [6.07, 6.45) is 2.94. The maximum Gasteiger partial charge on any atom is 0.256 e. The van der Waals surface area contributed by atoms with Crippen LogP contribution >= 0.6 is 31.9 Å². The smallest absolute Gasteiger partial charge is 0.256 e. The first-order valence-corrected chi connectivity index (χ1v) is 8.28. The predicted octanol–water partition coefficient (Wildman–Crippen LogP) is 5.27. The molecule has 2 nitrogen and oxygen atoms in total. The van der Waals surface area contributed by atoms with Gasteiger partial charge in [0, 0.05) is 20.1 Å². The third-order valence-corrected chi connectivity index (χ3v) is 4.61. The fourth-order valence-corrected chi connectivity index (χ4v) is 3.70. The number of aryl methyl sites for hydroxylation is 1. The highest BCUT2D eigenvalue weighted by atomic mass is 79.9. The molecule has 1 aliphatic heterocycles. The van der Waals surface area contributed by atoms with Crippen LogP contribution < -0.4 is 5.32 Å². The lowest BCUT2D eigenvalue weighted by atomic mass is 10.0. The Balaban J connectivity index is 2.07. The monoisotopic (exact) mass is 405 g/mol. The SMILES string of the molecule is CCc1ccc(C=C2C(=O)Nc3c(Br)cc(Br)cc32)cc1. The molecular weight excluding hydrogens is 394 g/mol. The summed E-state index contributed by atoms with van der Waals surface area (Å²) in [6.45, 7) is 2.13. The minimum atomic E-state index is -0.0663. The second-order valence-corrected chi connectivity index (χ2v) is 6.69. The first-order chi connectivity index (χ1) is 10.1. The van der Waals surface area contributed by atoms with Crippen molar-refractivity contribution in [3.8, 4) is 0 Å². The molecule has 2 aromatic carbocycles. The molecule has 0 saturated carbocycles. The van der Waals surface area contributed by atoms with E-state index in [1.165, 1.54) is 5.56 Å². The summed E-state index contributed by atoms with van der Waals surface area (Å²) in [4.78, 5) is 12.2. The molecule has 0 bridgehead atoms. The Bertz CT molecular complexity index is 748. The lowest BCUT2D eigenvalue weighted by Crippen LogP contribution is -2.03. The average molecular weight is 407 g/mol. The second-order valence-electron chi connectivity index (χ2n) is 4.92. The van der Waals surface area contributed by atoms with Crippen molar-refractivity contribution in [2.24, 2.45) is 0 Å². The van der Waals surface area contributed by atoms with Crippen molar-refractivity contribution in [2.45, 2.75) is 13.3 Å². The Labute approximate surface area is 140 Å². The number of carbonyl (C=O) groups is 1. The molecule has 1 aliphatic rings. The molecule has 21 heavy (non-hydrogen) atoms. The van der Waals surface area contributed by atoms with Gasteiger partial charge in [-0.25, -0.2) is 0 Å². The highest BCUT2D eigenvalue weighted by Crippen LogP contribution is 2.40. The minimum absolute atomic E-state index is 0.0663. The molecule has 0 spiro atoms. The maximum atomic E-state index is 12.2. The lowest BCUT2D eigenvalue weighted by Gasteiger charge is -2.03. The van der Waals surface area contributed by atoms with Gasteiger partial charge in [0.15, 0.2) is 0 Å². The quantitative estimate of drug-likeness (QED) is 0.676. The Kier molecular flexibility index (Phi) is 4.00. The van der Waals surface area contributed by atoms with E-state index >= 15 is 0 Å². The number of amides is 1. The van der Waals surface area contributed by atoms with Gasteiger partial charge in [0.2, 0.25) is 0 Å². The van der Waals surface area contributed by atoms with Crippen LogP contribution in [0, 0.1) is 0 Å². The fraction of sp³-hybridized carbons (Fsp3) is 0.118. The van der Waals surface area contributed by atoms with Crippen molar-refractivity contribution in [2.75, 3.05) is 5.32 Å². The zero-order valence-corrected chi connectivity index (χ0v) is 14.6. The fourth-order valence-electron chi connectivity index (χ4n) is 2.38. The van der Waals surface area contributed by atoms with Crippen LogP contribution in [0.2, 0.25) is 0 Å². The molecule has 0 saturated heterocycles. The van der Waals surface area contributed by atoms with Gasteiger partial charge in [0.1, 0.15) is 0 Å². The van der Waals surface area contributed by atoms with E-state index in [1.807, 2.05) is 30.3 Å². The molecule has 0 fully saturated rings. The summed E-state index contributed by atoms with van der Waals surface area (Å²) in [5.41, 5.74) is 4.76. The van der Waals surface area contributed by atoms with Crippen LogP contribution in [0.4, 0.5) is 5.69 Å². The van der Waals surface area contributed by atoms with Crippen molar-refractivity contribution in [3.05, 3.63) is 62.0 Å². The summed E-state index contributed by atoms with van der Waals surface area (Å²) >= 11 is 6.96. The van der Waals surface area contributed by atoms with Crippen LogP contribution in [0.15, 0.2) is 45.3 Å². The lowest BCUT2D eigenvalue weighted by molar-refractivity contribution is -0.110. The van der Waals surface area contributed by atoms with Crippen LogP contribution in [0.1, 0.15) is 23.6 Å². The van der Waals surface area contributed by atoms with E-state index in [4.69, 9.17) is 0 Å². The van der Waals surface area contributed by atoms with Gasteiger partial charge >= 0.3 is 0 Å². The molecule has 0 atom stereocenters. The normalized spacial score (nSPS) is 15.2. The molecular formula is C17H13Br2NO. The third-order valence-electron chi connectivity index (χ3n) is 3.53. The number of benzene rings is 2. The Morgan fingerprint density at radius 3 is 2.52 bits per heavy atom. The molecule has 0 aromatic heterocycles. The van der Waals surface area contributed by atoms with Gasteiger partial charge in [-0.1, -0.05) is 47.1 Å². The van der Waals surface area contributed by atoms with Crippen molar-refractivity contribution in [1.82, 2.24) is 0 Å². The Morgan fingerprint density at radius 1 is 1.14 bits per heavy atom. The van der Waals surface area contributed by atoms with Gasteiger partial charge in [-0.15, -0.1) is 0 Å². The van der Waals surface area contributed by atoms with Crippen LogP contribution in [0.25, 0.3) is 11.6 Å². The number of hydrogen-bond acceptors (Lipinski definition) is 1. The summed E-state index contributed by atoms with van der Waals surface area (Å²) in [7, 11) is 0. The first-order valence-electron chi connectivity index (χ1n) is 6.70. The molecule has 1 amide bonds. The number of carbonyl (C=O) groups excluding carboxylic acids is 1. The number of hydrogen-bond donors (Lipinski definition) is 1. The van der Waals surface area contributed by atoms with Gasteiger partial charge in [0.05, 0.1) is 5.69 Å². The summed E-state index contributed by atoms with van der Waals surface area (Å²) < 4.78 is 1.82. The van der Waals surface area contributed by atoms with Crippen molar-refractivity contribution in [3.63, 3.8) is 0 Å². The zero-order chi connectivity index (χ0) is 15.0. The summed E-state index contributed by atoms with van der Waals surface area (Å²) in [5, 5.41) is 2.91. The second kappa shape index (κ2) is 5.78. The number of nitrogens with one attached hydrogen (secondary N) is 1. The van der Waals surface area contributed by atoms with E-state index in [0.717, 1.165) is 32.2 Å². The molecule has 3 rings (SSSR count). The van der Waals surface area contributed by atoms with Gasteiger partial charge in [-0.05, 0) is 51.7 Å². The molecule has 1 heterocycles. The number of fused-ring (bicyclic) bond motifs is 1. The van der Waals surface area contributed by atoms with Crippen LogP contribution in [-0.4, -0.2) is 5.91 Å². The van der Waals surface area contributed by atoms with Gasteiger partial charge in [-0.2, -0.15) is 0 Å². The van der Waals surface area contributed by atoms with Crippen molar-refractivity contribution >= 4 is 55.1 Å². The van der Waals surface area contributed by atoms with Crippen molar-refractivity contribution < 1.29 is 4.79 Å². The van der Waals surface area contributed by atoms with Crippen LogP contribution in [0.3, 0.4) is 0 Å². The summed E-state index contributed by atoms with van der Waals surface area (Å²) in [6, 6.07) is 12.2. The van der Waals surface area contributed by atoms with E-state index in [-0.39, 0.29) is 5.91 Å². The van der Waals surface area contributed by atoms with E-state index < -0.39 is 0 Å². The van der Waals surface area contributed by atoms with Gasteiger partial charge in [0.25, 0.3) is 5.91 Å². The molecule has 0 radical (unpaired) electrons. The van der Waals surface area contributed by atoms with E-state index in [1.54, 1.807) is 0 Å². The maximum absolute atomic E-state index is 12.2. The minimum Gasteiger partial charge on any atom is -0.320 e. The highest BCUT2D eigenvalue weighted by Gasteiger charge is 2.26. The Hall–Kier alpha value is -1.39. The Morgan fingerprint density at radius 2 is 1.86 bits per heavy atom. The van der Waals surface area contributed by atoms with Crippen molar-refractivity contribution in [1.29, 1.82) is 0 Å². The molecule has 4 heteroatoms. The zero-order valence-electron chi connectivity index (χ0n) is 11.4. The van der Waals surface area contributed by atoms with E-state index in [9.17, 15) is 4.79 Å². The number of anilines is 1. The average Bonchev–Trinajstić information content (AvgIpc) is 2.77. The standard InChI is InChI=1S/C17H13Br2NO/c1-2-10-3-5-11(6-4-10)7-14-13-8-12(18)9-15(19)16(13)20-17(14)21/h3-9H,2H2,1H3,(H,20,21). The number of rotatable bonds is 2. The molecule has 0 unspecified atom stereocenters. The largest absolute Gasteiger partial charge is 0.320 e. The summed E-state index contributed by atoms with van der Waals surface area (Å²) in [5.74, 6) is -0.0663. The molecule has 106 valence electrons. The molecule has 1 N–H and O–H groups in total. The van der Waals surface area contributed by atoms with Gasteiger partial charge in [-0.3, -0.25) is 4.79 Å². The molecule has 0 aliphatic carbocycles. The highest BCUT2D eigenvalue weighted by molar-refractivity contribution is 9.11. The molecule has 2 aromatic rings. The number of halogens is 2. The van der Waals surface area contributed by atoms with E-state index in [0.29, 0.717) is 5.57 Å².